The minimum absolute atomic E-state index is 0.621. The number of nitrogens with one attached hydrogen (secondary N) is 1. The normalized spacial score (nSPS) is 18.6. The molecule has 1 aliphatic rings. The van der Waals surface area contributed by atoms with Crippen molar-refractivity contribution in [3.63, 3.8) is 0 Å². The van der Waals surface area contributed by atoms with Crippen LogP contribution < -0.4 is 5.32 Å². The third kappa shape index (κ3) is 3.62. The third-order valence-corrected chi connectivity index (χ3v) is 3.87. The van der Waals surface area contributed by atoms with Crippen LogP contribution in [-0.2, 0) is 0 Å². The highest BCUT2D eigenvalue weighted by atomic mass is 14.9. The Kier molecular flexibility index (Phi) is 4.66. The van der Waals surface area contributed by atoms with E-state index >= 15 is 0 Å². The molecule has 1 aromatic carbocycles. The van der Waals surface area contributed by atoms with Crippen LogP contribution in [0.2, 0.25) is 0 Å². The van der Waals surface area contributed by atoms with E-state index in [0.717, 1.165) is 12.5 Å². The van der Waals surface area contributed by atoms with Crippen molar-refractivity contribution in [1.29, 1.82) is 0 Å². The summed E-state index contributed by atoms with van der Waals surface area (Å²) in [5, 5.41) is 3.52. The van der Waals surface area contributed by atoms with E-state index < -0.39 is 0 Å². The summed E-state index contributed by atoms with van der Waals surface area (Å²) in [5.74, 6) is 1.47. The van der Waals surface area contributed by atoms with Crippen molar-refractivity contribution in [3.05, 3.63) is 43.0 Å². The van der Waals surface area contributed by atoms with Crippen LogP contribution in [-0.4, -0.2) is 6.54 Å². The van der Waals surface area contributed by atoms with Gasteiger partial charge in [0.15, 0.2) is 0 Å². The Balaban J connectivity index is 1.85. The van der Waals surface area contributed by atoms with Crippen molar-refractivity contribution in [1.82, 2.24) is 0 Å². The Hall–Kier alpha value is -1.24. The first kappa shape index (κ1) is 12.2. The Morgan fingerprint density at radius 1 is 1.18 bits per heavy atom. The predicted molar refractivity (Wildman–Crippen MR) is 75.2 cm³/mol. The van der Waals surface area contributed by atoms with Gasteiger partial charge in [0.2, 0.25) is 0 Å². The van der Waals surface area contributed by atoms with Gasteiger partial charge in [-0.3, -0.25) is 0 Å². The van der Waals surface area contributed by atoms with E-state index in [1.807, 2.05) is 0 Å². The first-order valence-electron chi connectivity index (χ1n) is 6.81. The Morgan fingerprint density at radius 3 is 2.53 bits per heavy atom. The van der Waals surface area contributed by atoms with Gasteiger partial charge in [-0.05, 0) is 36.8 Å². The summed E-state index contributed by atoms with van der Waals surface area (Å²) in [4.78, 5) is 0. The van der Waals surface area contributed by atoms with Gasteiger partial charge in [-0.2, -0.15) is 0 Å². The fourth-order valence-corrected chi connectivity index (χ4v) is 2.80. The molecule has 0 saturated heterocycles. The van der Waals surface area contributed by atoms with E-state index in [1.165, 1.54) is 37.8 Å². The first-order valence-corrected chi connectivity index (χ1v) is 6.81. The molecule has 92 valence electrons. The third-order valence-electron chi connectivity index (χ3n) is 3.87. The first-order chi connectivity index (χ1) is 8.40. The van der Waals surface area contributed by atoms with Gasteiger partial charge in [0.05, 0.1) is 0 Å². The van der Waals surface area contributed by atoms with Crippen molar-refractivity contribution in [2.45, 2.75) is 32.1 Å². The quantitative estimate of drug-likeness (QED) is 0.734. The lowest BCUT2D eigenvalue weighted by Gasteiger charge is -2.28. The van der Waals surface area contributed by atoms with E-state index in [-0.39, 0.29) is 0 Å². The van der Waals surface area contributed by atoms with Crippen molar-refractivity contribution in [3.8, 4) is 0 Å². The van der Waals surface area contributed by atoms with Crippen LogP contribution in [0.15, 0.2) is 43.0 Å². The van der Waals surface area contributed by atoms with Gasteiger partial charge in [0.25, 0.3) is 0 Å². The summed E-state index contributed by atoms with van der Waals surface area (Å²) < 4.78 is 0. The molecule has 2 rings (SSSR count). The molecular weight excluding hydrogens is 206 g/mol. The largest absolute Gasteiger partial charge is 0.384 e. The van der Waals surface area contributed by atoms with Crippen LogP contribution in [0.5, 0.6) is 0 Å². The minimum Gasteiger partial charge on any atom is -0.384 e. The molecule has 0 bridgehead atoms. The van der Waals surface area contributed by atoms with Crippen LogP contribution in [0.1, 0.15) is 32.1 Å². The monoisotopic (exact) mass is 229 g/mol. The van der Waals surface area contributed by atoms with Crippen LogP contribution in [0.3, 0.4) is 0 Å². The van der Waals surface area contributed by atoms with Gasteiger partial charge in [-0.25, -0.2) is 0 Å². The SMILES string of the molecule is C=CC(CNc1ccccc1)C1CCCCC1. The van der Waals surface area contributed by atoms with Crippen LogP contribution in [0.25, 0.3) is 0 Å². The Bertz CT molecular complexity index is 325. The molecule has 1 heteroatoms. The fourth-order valence-electron chi connectivity index (χ4n) is 2.80. The molecule has 0 heterocycles. The number of para-hydroxylation sites is 1. The molecule has 1 atom stereocenters. The van der Waals surface area contributed by atoms with Crippen molar-refractivity contribution in [2.24, 2.45) is 11.8 Å². The topological polar surface area (TPSA) is 12.0 Å². The second-order valence-corrected chi connectivity index (χ2v) is 5.04. The number of benzene rings is 1. The minimum atomic E-state index is 0.621. The molecule has 0 spiro atoms. The van der Waals surface area contributed by atoms with Crippen molar-refractivity contribution < 1.29 is 0 Å². The Morgan fingerprint density at radius 2 is 1.88 bits per heavy atom. The summed E-state index contributed by atoms with van der Waals surface area (Å²) >= 11 is 0. The highest BCUT2D eigenvalue weighted by Crippen LogP contribution is 2.30. The van der Waals surface area contributed by atoms with E-state index in [0.29, 0.717) is 5.92 Å². The van der Waals surface area contributed by atoms with E-state index in [2.05, 4.69) is 48.3 Å². The number of rotatable bonds is 5. The van der Waals surface area contributed by atoms with Gasteiger partial charge < -0.3 is 5.32 Å². The molecule has 0 aromatic heterocycles. The van der Waals surface area contributed by atoms with Crippen molar-refractivity contribution >= 4 is 5.69 Å². The highest BCUT2D eigenvalue weighted by Gasteiger charge is 2.20. The lowest BCUT2D eigenvalue weighted by atomic mass is 9.80. The van der Waals surface area contributed by atoms with E-state index in [9.17, 15) is 0 Å². The van der Waals surface area contributed by atoms with Gasteiger partial charge in [0, 0.05) is 12.2 Å². The lowest BCUT2D eigenvalue weighted by Crippen LogP contribution is -2.23. The zero-order valence-electron chi connectivity index (χ0n) is 10.6. The predicted octanol–water partition coefficient (Wildman–Crippen LogP) is 4.48. The molecule has 0 aliphatic heterocycles. The number of hydrogen-bond donors (Lipinski definition) is 1. The number of hydrogen-bond acceptors (Lipinski definition) is 1. The molecular formula is C16H23N. The molecule has 1 saturated carbocycles. The molecule has 0 amide bonds. The molecule has 0 radical (unpaired) electrons. The maximum atomic E-state index is 4.01. The standard InChI is InChI=1S/C16H23N/c1-2-14(15-9-5-3-6-10-15)13-17-16-11-7-4-8-12-16/h2,4,7-8,11-12,14-15,17H,1,3,5-6,9-10,13H2. The maximum absolute atomic E-state index is 4.01. The zero-order valence-corrected chi connectivity index (χ0v) is 10.6. The number of anilines is 1. The zero-order chi connectivity index (χ0) is 11.9. The highest BCUT2D eigenvalue weighted by molar-refractivity contribution is 5.42. The Labute approximate surface area is 105 Å². The summed E-state index contributed by atoms with van der Waals surface area (Å²) in [6.07, 6.45) is 9.14. The van der Waals surface area contributed by atoms with Crippen LogP contribution in [0.4, 0.5) is 5.69 Å². The second kappa shape index (κ2) is 6.48. The molecule has 1 fully saturated rings. The lowest BCUT2D eigenvalue weighted by molar-refractivity contribution is 0.294. The van der Waals surface area contributed by atoms with Gasteiger partial charge >= 0.3 is 0 Å². The molecule has 1 unspecified atom stereocenters. The molecule has 1 aliphatic carbocycles. The van der Waals surface area contributed by atoms with Gasteiger partial charge in [-0.15, -0.1) is 6.58 Å². The van der Waals surface area contributed by atoms with Crippen LogP contribution >= 0.6 is 0 Å². The fraction of sp³-hybridized carbons (Fsp3) is 0.500. The van der Waals surface area contributed by atoms with Gasteiger partial charge in [-0.1, -0.05) is 43.5 Å². The maximum Gasteiger partial charge on any atom is 0.0340 e. The molecule has 1 nitrogen and oxygen atoms in total. The molecule has 1 aromatic rings. The van der Waals surface area contributed by atoms with Crippen molar-refractivity contribution in [2.75, 3.05) is 11.9 Å². The average Bonchev–Trinajstić information content (AvgIpc) is 2.42. The van der Waals surface area contributed by atoms with Gasteiger partial charge in [0.1, 0.15) is 0 Å². The summed E-state index contributed by atoms with van der Waals surface area (Å²) in [6.45, 7) is 5.03. The second-order valence-electron chi connectivity index (χ2n) is 5.04. The summed E-state index contributed by atoms with van der Waals surface area (Å²) in [7, 11) is 0. The van der Waals surface area contributed by atoms with E-state index in [4.69, 9.17) is 0 Å². The summed E-state index contributed by atoms with van der Waals surface area (Å²) in [6, 6.07) is 10.5. The molecule has 17 heavy (non-hydrogen) atoms. The summed E-state index contributed by atoms with van der Waals surface area (Å²) in [5.41, 5.74) is 1.22. The molecule has 1 N–H and O–H groups in total. The smallest absolute Gasteiger partial charge is 0.0340 e. The van der Waals surface area contributed by atoms with E-state index in [1.54, 1.807) is 0 Å². The average molecular weight is 229 g/mol. The van der Waals surface area contributed by atoms with Crippen LogP contribution in [0, 0.1) is 11.8 Å².